The topological polar surface area (TPSA) is 33.2 Å². The fourth-order valence-corrected chi connectivity index (χ4v) is 2.88. The third kappa shape index (κ3) is 2.66. The number of pyridine rings is 1. The molecule has 3 heteroatoms. The van der Waals surface area contributed by atoms with Crippen molar-refractivity contribution in [3.05, 3.63) is 42.1 Å². The number of piperidine rings is 1. The van der Waals surface area contributed by atoms with Crippen molar-refractivity contribution in [1.29, 1.82) is 0 Å². The second-order valence-electron chi connectivity index (χ2n) is 5.26. The molecule has 1 fully saturated rings. The number of hydrogen-bond acceptors (Lipinski definition) is 3. The summed E-state index contributed by atoms with van der Waals surface area (Å²) < 4.78 is 0. The number of aldehydes is 1. The van der Waals surface area contributed by atoms with Crippen molar-refractivity contribution in [3.8, 4) is 0 Å². The third-order valence-electron chi connectivity index (χ3n) is 3.87. The minimum absolute atomic E-state index is 0.210. The fourth-order valence-electron chi connectivity index (χ4n) is 2.88. The van der Waals surface area contributed by atoms with E-state index < -0.39 is 0 Å². The summed E-state index contributed by atoms with van der Waals surface area (Å²) in [5.74, 6) is 0.210. The summed E-state index contributed by atoms with van der Waals surface area (Å²) in [6.07, 6.45) is 5.14. The molecular weight excluding hydrogens is 236 g/mol. The van der Waals surface area contributed by atoms with Gasteiger partial charge >= 0.3 is 0 Å². The number of para-hydroxylation sites is 1. The van der Waals surface area contributed by atoms with Crippen LogP contribution in [0.4, 0.5) is 0 Å². The number of likely N-dealkylation sites (tertiary alicyclic amines) is 1. The molecule has 19 heavy (non-hydrogen) atoms. The molecule has 0 amide bonds. The number of carbonyl (C=O) groups is 1. The van der Waals surface area contributed by atoms with Gasteiger partial charge in [0.15, 0.2) is 0 Å². The molecule has 0 spiro atoms. The zero-order valence-corrected chi connectivity index (χ0v) is 11.0. The highest BCUT2D eigenvalue weighted by molar-refractivity contribution is 5.81. The maximum Gasteiger partial charge on any atom is 0.124 e. The Balaban J connectivity index is 1.83. The van der Waals surface area contributed by atoms with Gasteiger partial charge in [0.05, 0.1) is 5.52 Å². The SMILES string of the molecule is O=CC1CCCN(Cc2ccnc3ccccc23)C1. The summed E-state index contributed by atoms with van der Waals surface area (Å²) in [5, 5.41) is 1.22. The minimum atomic E-state index is 0.210. The van der Waals surface area contributed by atoms with Crippen LogP contribution in [0.2, 0.25) is 0 Å². The van der Waals surface area contributed by atoms with E-state index in [1.165, 1.54) is 10.9 Å². The lowest BCUT2D eigenvalue weighted by atomic mass is 9.99. The number of aromatic nitrogens is 1. The predicted octanol–water partition coefficient (Wildman–Crippen LogP) is 2.65. The van der Waals surface area contributed by atoms with Gasteiger partial charge in [0.25, 0.3) is 0 Å². The third-order valence-corrected chi connectivity index (χ3v) is 3.87. The predicted molar refractivity (Wildman–Crippen MR) is 75.8 cm³/mol. The summed E-state index contributed by atoms with van der Waals surface area (Å²) >= 11 is 0. The Bertz CT molecular complexity index is 576. The van der Waals surface area contributed by atoms with Crippen LogP contribution in [0.25, 0.3) is 10.9 Å². The quantitative estimate of drug-likeness (QED) is 0.789. The summed E-state index contributed by atoms with van der Waals surface area (Å²) in [4.78, 5) is 17.7. The molecule has 1 atom stereocenters. The average Bonchev–Trinajstić information content (AvgIpc) is 2.48. The van der Waals surface area contributed by atoms with Crippen LogP contribution in [0, 0.1) is 5.92 Å². The van der Waals surface area contributed by atoms with E-state index in [1.54, 1.807) is 0 Å². The highest BCUT2D eigenvalue weighted by Crippen LogP contribution is 2.21. The maximum atomic E-state index is 10.9. The number of benzene rings is 1. The van der Waals surface area contributed by atoms with E-state index in [1.807, 2.05) is 18.3 Å². The van der Waals surface area contributed by atoms with Crippen LogP contribution in [0.3, 0.4) is 0 Å². The van der Waals surface area contributed by atoms with Crippen LogP contribution >= 0.6 is 0 Å². The molecule has 0 N–H and O–H groups in total. The molecule has 0 bridgehead atoms. The zero-order chi connectivity index (χ0) is 13.1. The molecule has 3 rings (SSSR count). The van der Waals surface area contributed by atoms with Crippen LogP contribution in [-0.2, 0) is 11.3 Å². The highest BCUT2D eigenvalue weighted by atomic mass is 16.1. The second kappa shape index (κ2) is 5.49. The lowest BCUT2D eigenvalue weighted by molar-refractivity contribution is -0.112. The van der Waals surface area contributed by atoms with E-state index >= 15 is 0 Å². The van der Waals surface area contributed by atoms with Crippen molar-refractivity contribution in [2.24, 2.45) is 5.92 Å². The van der Waals surface area contributed by atoms with Gasteiger partial charge in [-0.2, -0.15) is 0 Å². The van der Waals surface area contributed by atoms with E-state index in [0.29, 0.717) is 0 Å². The van der Waals surface area contributed by atoms with Crippen molar-refractivity contribution in [2.75, 3.05) is 13.1 Å². The van der Waals surface area contributed by atoms with Gasteiger partial charge in [-0.3, -0.25) is 9.88 Å². The molecule has 1 aliphatic rings. The van der Waals surface area contributed by atoms with Gasteiger partial charge in [-0.25, -0.2) is 0 Å². The molecule has 0 radical (unpaired) electrons. The number of hydrogen-bond donors (Lipinski definition) is 0. The molecule has 0 aliphatic carbocycles. The van der Waals surface area contributed by atoms with E-state index in [0.717, 1.165) is 44.3 Å². The van der Waals surface area contributed by atoms with E-state index in [2.05, 4.69) is 28.1 Å². The van der Waals surface area contributed by atoms with E-state index in [4.69, 9.17) is 0 Å². The van der Waals surface area contributed by atoms with Crippen LogP contribution in [0.15, 0.2) is 36.5 Å². The van der Waals surface area contributed by atoms with Crippen molar-refractivity contribution in [1.82, 2.24) is 9.88 Å². The number of fused-ring (bicyclic) bond motifs is 1. The molecular formula is C16H18N2O. The summed E-state index contributed by atoms with van der Waals surface area (Å²) in [5.41, 5.74) is 2.35. The largest absolute Gasteiger partial charge is 0.303 e. The van der Waals surface area contributed by atoms with Crippen molar-refractivity contribution >= 4 is 17.2 Å². The van der Waals surface area contributed by atoms with Gasteiger partial charge < -0.3 is 4.79 Å². The molecule has 1 aliphatic heterocycles. The molecule has 98 valence electrons. The van der Waals surface area contributed by atoms with Crippen molar-refractivity contribution in [3.63, 3.8) is 0 Å². The maximum absolute atomic E-state index is 10.9. The average molecular weight is 254 g/mol. The molecule has 2 heterocycles. The van der Waals surface area contributed by atoms with Crippen LogP contribution in [0.5, 0.6) is 0 Å². The first-order chi connectivity index (χ1) is 9.36. The fraction of sp³-hybridized carbons (Fsp3) is 0.375. The van der Waals surface area contributed by atoms with Crippen LogP contribution in [-0.4, -0.2) is 29.3 Å². The Morgan fingerprint density at radius 1 is 1.32 bits per heavy atom. The molecule has 1 unspecified atom stereocenters. The Hall–Kier alpha value is -1.74. The Morgan fingerprint density at radius 3 is 3.11 bits per heavy atom. The highest BCUT2D eigenvalue weighted by Gasteiger charge is 2.19. The summed E-state index contributed by atoms with van der Waals surface area (Å²) in [7, 11) is 0. The van der Waals surface area contributed by atoms with Gasteiger partial charge in [-0.15, -0.1) is 0 Å². The molecule has 3 nitrogen and oxygen atoms in total. The number of rotatable bonds is 3. The first-order valence-corrected chi connectivity index (χ1v) is 6.87. The normalized spacial score (nSPS) is 20.5. The lowest BCUT2D eigenvalue weighted by Crippen LogP contribution is -2.35. The van der Waals surface area contributed by atoms with Crippen molar-refractivity contribution in [2.45, 2.75) is 19.4 Å². The van der Waals surface area contributed by atoms with Gasteiger partial charge in [0.1, 0.15) is 6.29 Å². The van der Waals surface area contributed by atoms with Crippen LogP contribution in [0.1, 0.15) is 18.4 Å². The zero-order valence-electron chi connectivity index (χ0n) is 11.0. The van der Waals surface area contributed by atoms with E-state index in [-0.39, 0.29) is 5.92 Å². The van der Waals surface area contributed by atoms with Gasteiger partial charge in [0.2, 0.25) is 0 Å². The number of carbonyl (C=O) groups excluding carboxylic acids is 1. The molecule has 0 saturated carbocycles. The molecule has 1 saturated heterocycles. The molecule has 1 aromatic carbocycles. The van der Waals surface area contributed by atoms with Gasteiger partial charge in [0, 0.05) is 30.6 Å². The van der Waals surface area contributed by atoms with Crippen molar-refractivity contribution < 1.29 is 4.79 Å². The second-order valence-corrected chi connectivity index (χ2v) is 5.26. The smallest absolute Gasteiger partial charge is 0.124 e. The van der Waals surface area contributed by atoms with Gasteiger partial charge in [-0.05, 0) is 37.1 Å². The summed E-state index contributed by atoms with van der Waals surface area (Å²) in [6.45, 7) is 2.88. The first-order valence-electron chi connectivity index (χ1n) is 6.87. The Labute approximate surface area is 113 Å². The Kier molecular flexibility index (Phi) is 3.56. The van der Waals surface area contributed by atoms with Gasteiger partial charge in [-0.1, -0.05) is 18.2 Å². The number of nitrogens with zero attached hydrogens (tertiary/aromatic N) is 2. The standard InChI is InChI=1S/C16H18N2O/c19-12-13-4-3-9-18(10-13)11-14-7-8-17-16-6-2-1-5-15(14)16/h1-2,5-8,12-13H,3-4,9-11H2. The van der Waals surface area contributed by atoms with Crippen LogP contribution < -0.4 is 0 Å². The lowest BCUT2D eigenvalue weighted by Gasteiger charge is -2.30. The first kappa shape index (κ1) is 12.3. The minimum Gasteiger partial charge on any atom is -0.303 e. The molecule has 1 aromatic heterocycles. The summed E-state index contributed by atoms with van der Waals surface area (Å²) in [6, 6.07) is 10.3. The van der Waals surface area contributed by atoms with E-state index in [9.17, 15) is 4.79 Å². The Morgan fingerprint density at radius 2 is 2.21 bits per heavy atom. The monoisotopic (exact) mass is 254 g/mol. The molecule has 2 aromatic rings.